The maximum Gasteiger partial charge on any atom is 4.00 e. The smallest absolute Gasteiger partial charge is 1.00 e. The minimum atomic E-state index is 0. The first-order valence-electron chi connectivity index (χ1n) is 11.6. The van der Waals surface area contributed by atoms with Gasteiger partial charge in [-0.1, -0.05) is 78.1 Å². The van der Waals surface area contributed by atoms with Gasteiger partial charge in [0.2, 0.25) is 0 Å². The van der Waals surface area contributed by atoms with Gasteiger partial charge in [-0.25, -0.2) is 6.08 Å². The molecule has 2 aromatic carbocycles. The van der Waals surface area contributed by atoms with Crippen molar-refractivity contribution in [2.75, 3.05) is 0 Å². The first-order valence-corrected chi connectivity index (χ1v) is 11.6. The molecule has 1 nitrogen and oxygen atoms in total. The van der Waals surface area contributed by atoms with Crippen LogP contribution in [0, 0.1) is 18.1 Å². The molecule has 5 rings (SSSR count). The second-order valence-corrected chi connectivity index (χ2v) is 11.0. The van der Waals surface area contributed by atoms with Crippen LogP contribution in [0.25, 0.3) is 16.7 Å². The molecule has 0 amide bonds. The zero-order valence-corrected chi connectivity index (χ0v) is 25.7. The fraction of sp³-hybridized carbons (Fsp3) is 0.355. The Bertz CT molecular complexity index is 1110. The van der Waals surface area contributed by atoms with Gasteiger partial charge in [0, 0.05) is 0 Å². The summed E-state index contributed by atoms with van der Waals surface area (Å²) in [4.78, 5) is 0. The Kier molecular flexibility index (Phi) is 11.1. The molecule has 0 spiro atoms. The molecule has 1 unspecified atom stereocenters. The van der Waals surface area contributed by atoms with E-state index in [2.05, 4.69) is 97.0 Å². The van der Waals surface area contributed by atoms with Crippen LogP contribution in [0.1, 0.15) is 76.5 Å². The van der Waals surface area contributed by atoms with Gasteiger partial charge in [-0.05, 0) is 40.5 Å². The second kappa shape index (κ2) is 12.3. The van der Waals surface area contributed by atoms with Gasteiger partial charge in [-0.15, -0.1) is 16.7 Å². The molecule has 0 bridgehead atoms. The first kappa shape index (κ1) is 31.7. The summed E-state index contributed by atoms with van der Waals surface area (Å²) in [5.74, 6) is 1.36. The Morgan fingerprint density at radius 2 is 1.57 bits per heavy atom. The van der Waals surface area contributed by atoms with Crippen LogP contribution in [-0.2, 0) is 43.5 Å². The molecule has 2 aliphatic rings. The van der Waals surface area contributed by atoms with Gasteiger partial charge in [0.15, 0.2) is 0 Å². The summed E-state index contributed by atoms with van der Waals surface area (Å²) < 4.78 is 5.23. The van der Waals surface area contributed by atoms with Gasteiger partial charge in [0.1, 0.15) is 0 Å². The third kappa shape index (κ3) is 7.34. The summed E-state index contributed by atoms with van der Waals surface area (Å²) in [6.45, 7) is 15.7. The van der Waals surface area contributed by atoms with E-state index in [0.29, 0.717) is 5.92 Å². The molecule has 0 aliphatic heterocycles. The predicted molar refractivity (Wildman–Crippen MR) is 135 cm³/mol. The third-order valence-electron chi connectivity index (χ3n) is 6.20. The molecule has 1 heterocycles. The fourth-order valence-electron chi connectivity index (χ4n) is 4.21. The van der Waals surface area contributed by atoms with Gasteiger partial charge in [0.05, 0.1) is 12.0 Å². The molecule has 0 radical (unpaired) electrons. The van der Waals surface area contributed by atoms with Crippen LogP contribution >= 0.6 is 0 Å². The van der Waals surface area contributed by atoms with E-state index in [9.17, 15) is 0 Å². The van der Waals surface area contributed by atoms with E-state index >= 15 is 0 Å². The molecule has 2 aliphatic carbocycles. The van der Waals surface area contributed by atoms with Crippen molar-refractivity contribution in [1.82, 2.24) is 0 Å². The van der Waals surface area contributed by atoms with E-state index in [-0.39, 0.29) is 61.8 Å². The predicted octanol–water partition coefficient (Wildman–Crippen LogP) is 2.33. The molecule has 1 atom stereocenters. The minimum absolute atomic E-state index is 0. The Morgan fingerprint density at radius 3 is 2.11 bits per heavy atom. The van der Waals surface area contributed by atoms with E-state index in [4.69, 9.17) is 4.42 Å². The van der Waals surface area contributed by atoms with Crippen molar-refractivity contribution in [3.63, 3.8) is 0 Å². The fourth-order valence-corrected chi connectivity index (χ4v) is 4.21. The van der Waals surface area contributed by atoms with Crippen molar-refractivity contribution >= 4 is 5.57 Å². The van der Waals surface area contributed by atoms with E-state index in [1.54, 1.807) is 6.26 Å². The Morgan fingerprint density at radius 1 is 0.886 bits per heavy atom. The molecular formula is C31H34Cl2OZr. The van der Waals surface area contributed by atoms with Crippen LogP contribution in [0.5, 0.6) is 0 Å². The minimum Gasteiger partial charge on any atom is -1.00 e. The van der Waals surface area contributed by atoms with Crippen LogP contribution in [0.4, 0.5) is 0 Å². The van der Waals surface area contributed by atoms with E-state index in [1.165, 1.54) is 33.4 Å². The number of furan rings is 1. The van der Waals surface area contributed by atoms with Crippen LogP contribution in [0.3, 0.4) is 0 Å². The summed E-state index contributed by atoms with van der Waals surface area (Å²) in [7, 11) is 0. The van der Waals surface area contributed by atoms with Crippen molar-refractivity contribution in [2.45, 2.75) is 65.7 Å². The maximum atomic E-state index is 5.23. The maximum absolute atomic E-state index is 5.23. The topological polar surface area (TPSA) is 13.1 Å². The average molecular weight is 585 g/mol. The molecule has 0 saturated heterocycles. The quantitative estimate of drug-likeness (QED) is 0.313. The standard InChI is InChI=1S/C21H25.C10H9O.2ClH.Zr/c1-20(2,3)16-7-9-18-14(12-16)11-15-13-17(21(4,5)6)8-10-19(15)18;1-8-4-5-9(7-8)10-3-2-6-11-10;;;/h7-10,12H,11H2,1-6H3;2-3,5-8H,1H3;2*1H;/q2*-1;;;+4/p-2. The number of benzene rings is 2. The van der Waals surface area contributed by atoms with E-state index in [1.807, 2.05) is 18.2 Å². The third-order valence-corrected chi connectivity index (χ3v) is 6.20. The summed E-state index contributed by atoms with van der Waals surface area (Å²) in [6, 6.07) is 19.0. The number of hydrogen-bond donors (Lipinski definition) is 0. The molecule has 35 heavy (non-hydrogen) atoms. The van der Waals surface area contributed by atoms with Crippen molar-refractivity contribution in [3.8, 4) is 11.1 Å². The largest absolute Gasteiger partial charge is 4.00 e. The van der Waals surface area contributed by atoms with Crippen LogP contribution in [0.2, 0.25) is 0 Å². The van der Waals surface area contributed by atoms with E-state index < -0.39 is 0 Å². The normalized spacial score (nSPS) is 15.4. The number of fused-ring (bicyclic) bond motifs is 3. The van der Waals surface area contributed by atoms with Gasteiger partial charge >= 0.3 is 26.2 Å². The molecule has 3 aromatic rings. The van der Waals surface area contributed by atoms with Crippen molar-refractivity contribution in [3.05, 3.63) is 101 Å². The monoisotopic (exact) mass is 582 g/mol. The zero-order valence-electron chi connectivity index (χ0n) is 21.7. The van der Waals surface area contributed by atoms with E-state index in [0.717, 1.165) is 17.8 Å². The zero-order chi connectivity index (χ0) is 23.1. The first-order chi connectivity index (χ1) is 15.0. The molecule has 0 N–H and O–H groups in total. The molecule has 4 heteroatoms. The summed E-state index contributed by atoms with van der Waals surface area (Å²) in [5, 5.41) is 0. The average Bonchev–Trinajstić information content (AvgIpc) is 3.45. The van der Waals surface area contributed by atoms with Gasteiger partial charge in [-0.3, -0.25) is 6.08 Å². The number of halogens is 2. The number of allylic oxidation sites excluding steroid dienone is 4. The molecular weight excluding hydrogens is 550 g/mol. The van der Waals surface area contributed by atoms with Crippen molar-refractivity contribution < 1.29 is 55.4 Å². The van der Waals surface area contributed by atoms with Gasteiger partial charge in [-0.2, -0.15) is 29.8 Å². The van der Waals surface area contributed by atoms with Crippen LogP contribution < -0.4 is 24.8 Å². The van der Waals surface area contributed by atoms with Crippen molar-refractivity contribution in [2.24, 2.45) is 5.92 Å². The molecule has 182 valence electrons. The molecule has 1 aromatic heterocycles. The van der Waals surface area contributed by atoms with Crippen molar-refractivity contribution in [1.29, 1.82) is 0 Å². The van der Waals surface area contributed by atoms with Gasteiger partial charge < -0.3 is 29.2 Å². The Hall–Kier alpha value is -1.34. The summed E-state index contributed by atoms with van der Waals surface area (Å²) in [6.07, 6.45) is 10.0. The Balaban J connectivity index is 0.000000375. The SMILES string of the molecule is CC(C)(C)c1[c-]c2c(cc1)-c1ccc(C(C)(C)C)cc1C2.CC1[C-]=CC(c2ccco2)=C1.[Cl-].[Cl-].[Zr+4]. The number of hydrogen-bond acceptors (Lipinski definition) is 1. The molecule has 0 saturated carbocycles. The Labute approximate surface area is 243 Å². The van der Waals surface area contributed by atoms with Gasteiger partial charge in [0.25, 0.3) is 0 Å². The summed E-state index contributed by atoms with van der Waals surface area (Å²) >= 11 is 0. The van der Waals surface area contributed by atoms with Crippen LogP contribution in [0.15, 0.2) is 65.3 Å². The number of rotatable bonds is 1. The molecule has 0 fully saturated rings. The summed E-state index contributed by atoms with van der Waals surface area (Å²) in [5.41, 5.74) is 9.85. The van der Waals surface area contributed by atoms with Crippen LogP contribution in [-0.4, -0.2) is 0 Å². The second-order valence-electron chi connectivity index (χ2n) is 11.0.